The predicted octanol–water partition coefficient (Wildman–Crippen LogP) is 1.45. The van der Waals surface area contributed by atoms with Gasteiger partial charge in [-0.15, -0.1) is 0 Å². The highest BCUT2D eigenvalue weighted by molar-refractivity contribution is 5.96. The Labute approximate surface area is 278 Å². The Hall–Kier alpha value is -6.09. The molecule has 15 heteroatoms. The van der Waals surface area contributed by atoms with Gasteiger partial charge in [0.25, 0.3) is 16.8 Å². The maximum Gasteiger partial charge on any atom is 0.353 e. The van der Waals surface area contributed by atoms with E-state index in [1.807, 2.05) is 30.3 Å². The molecule has 0 spiro atoms. The van der Waals surface area contributed by atoms with Gasteiger partial charge in [0.15, 0.2) is 5.65 Å². The molecule has 1 aliphatic carbocycles. The third kappa shape index (κ3) is 6.43. The van der Waals surface area contributed by atoms with Crippen molar-refractivity contribution in [3.63, 3.8) is 0 Å². The molecule has 0 fully saturated rings. The number of methoxy groups -OCH3 is 1. The zero-order valence-corrected chi connectivity index (χ0v) is 25.7. The van der Waals surface area contributed by atoms with E-state index in [-0.39, 0.29) is 54.4 Å². The van der Waals surface area contributed by atoms with Crippen molar-refractivity contribution in [2.75, 3.05) is 24.3 Å². The molecule has 7 N–H and O–H groups in total. The van der Waals surface area contributed by atoms with Gasteiger partial charge in [0, 0.05) is 37.9 Å². The lowest BCUT2D eigenvalue weighted by Crippen LogP contribution is -2.44. The zero-order chi connectivity index (χ0) is 34.3. The van der Waals surface area contributed by atoms with Crippen LogP contribution in [0.5, 0.6) is 0 Å². The number of nitrogens with two attached hydrogens (primary N) is 2. The van der Waals surface area contributed by atoms with Gasteiger partial charge in [0.2, 0.25) is 0 Å². The van der Waals surface area contributed by atoms with E-state index in [2.05, 4.69) is 20.0 Å². The van der Waals surface area contributed by atoms with Crippen LogP contribution in [-0.2, 0) is 30.7 Å². The molecule has 0 unspecified atom stereocenters. The number of anilines is 2. The fourth-order valence-electron chi connectivity index (χ4n) is 6.09. The van der Waals surface area contributed by atoms with Crippen LogP contribution in [-0.4, -0.2) is 51.0 Å². The molecule has 0 radical (unpaired) electrons. The number of imidazole rings is 1. The van der Waals surface area contributed by atoms with E-state index in [1.54, 1.807) is 11.0 Å². The van der Waals surface area contributed by atoms with Crippen LogP contribution in [0.1, 0.15) is 79.0 Å². The first-order chi connectivity index (χ1) is 23.0. The number of esters is 1. The number of carboxylic acids is 1. The summed E-state index contributed by atoms with van der Waals surface area (Å²) >= 11 is 0. The van der Waals surface area contributed by atoms with E-state index in [0.717, 1.165) is 45.6 Å². The molecule has 15 nitrogen and oxygen atoms in total. The van der Waals surface area contributed by atoms with Gasteiger partial charge >= 0.3 is 17.6 Å². The summed E-state index contributed by atoms with van der Waals surface area (Å²) in [6.07, 6.45) is 3.84. The number of aromatic nitrogens is 3. The average molecular weight is 670 g/mol. The smallest absolute Gasteiger partial charge is 0.353 e. The molecule has 0 saturated heterocycles. The SMILES string of the molecule is C.COC(=O)c1ccc2c(c1)CC[C@@H]2N.Nc1c(N2CCc3ccc(CNC(=O)c4cc(C(=O)O)n5c(=O)[nH]cc5n4)cc3C2)c(=O)c1=O. The Morgan fingerprint density at radius 2 is 1.82 bits per heavy atom. The topological polar surface area (TPSA) is 232 Å². The van der Waals surface area contributed by atoms with Gasteiger partial charge in [-0.1, -0.05) is 31.7 Å². The van der Waals surface area contributed by atoms with E-state index in [4.69, 9.17) is 11.5 Å². The van der Waals surface area contributed by atoms with Crippen LogP contribution < -0.4 is 38.2 Å². The highest BCUT2D eigenvalue weighted by Crippen LogP contribution is 2.30. The summed E-state index contributed by atoms with van der Waals surface area (Å²) in [4.78, 5) is 78.8. The second-order valence-electron chi connectivity index (χ2n) is 11.5. The van der Waals surface area contributed by atoms with Gasteiger partial charge < -0.3 is 36.5 Å². The van der Waals surface area contributed by atoms with Crippen molar-refractivity contribution in [1.82, 2.24) is 19.7 Å². The van der Waals surface area contributed by atoms with Crippen LogP contribution in [0.3, 0.4) is 0 Å². The van der Waals surface area contributed by atoms with E-state index >= 15 is 0 Å². The van der Waals surface area contributed by atoms with Crippen molar-refractivity contribution in [3.05, 3.63) is 124 Å². The fourth-order valence-corrected chi connectivity index (χ4v) is 6.09. The molecule has 1 atom stereocenters. The van der Waals surface area contributed by atoms with Gasteiger partial charge in [0.05, 0.1) is 12.7 Å². The van der Waals surface area contributed by atoms with Gasteiger partial charge in [0.1, 0.15) is 22.8 Å². The molecule has 2 aliphatic rings. The molecule has 49 heavy (non-hydrogen) atoms. The quantitative estimate of drug-likeness (QED) is 0.128. The van der Waals surface area contributed by atoms with Crippen molar-refractivity contribution in [2.45, 2.75) is 45.8 Å². The molecule has 0 saturated carbocycles. The average Bonchev–Trinajstić information content (AvgIpc) is 3.67. The maximum absolute atomic E-state index is 12.7. The molecule has 3 heterocycles. The maximum atomic E-state index is 12.7. The molecule has 3 aromatic carbocycles. The van der Waals surface area contributed by atoms with Crippen LogP contribution >= 0.6 is 0 Å². The molecule has 1 amide bonds. The Morgan fingerprint density at radius 3 is 2.53 bits per heavy atom. The van der Waals surface area contributed by atoms with Crippen molar-refractivity contribution in [3.8, 4) is 0 Å². The van der Waals surface area contributed by atoms with Gasteiger partial charge in [-0.25, -0.2) is 23.8 Å². The molecular formula is C34H35N7O8. The molecular weight excluding hydrogens is 634 g/mol. The van der Waals surface area contributed by atoms with E-state index in [1.165, 1.54) is 18.9 Å². The number of amides is 1. The third-order valence-electron chi connectivity index (χ3n) is 8.62. The number of nitrogens with one attached hydrogen (secondary N) is 2. The number of hydrogen-bond donors (Lipinski definition) is 5. The van der Waals surface area contributed by atoms with Gasteiger partial charge in [-0.3, -0.25) is 14.4 Å². The standard InChI is InChI=1S/C22H18N6O6.C11H13NO2.CH4/c23-16-17(19(30)18(16)29)27-4-3-11-2-1-10(5-12(11)9-27)7-24-20(31)13-6-14(21(32)33)28-15(26-13)8-25-22(28)34;1-14-11(13)8-2-4-9-7(6-8)3-5-10(9)12;/h1-2,5-6,8H,3-4,7,9,23H2,(H,24,31)(H,25,34)(H,32,33);2,4,6,10H,3,5,12H2,1H3;1H4/t;10-;/m.0./s1. The highest BCUT2D eigenvalue weighted by atomic mass is 16.5. The number of fused-ring (bicyclic) bond motifs is 3. The Bertz CT molecular complexity index is 2250. The minimum absolute atomic E-state index is 0. The molecule has 5 aromatic rings. The normalized spacial score (nSPS) is 14.7. The van der Waals surface area contributed by atoms with Crippen LogP contribution in [0.15, 0.2) is 63.0 Å². The zero-order valence-electron chi connectivity index (χ0n) is 25.7. The molecule has 254 valence electrons. The highest BCUT2D eigenvalue weighted by Gasteiger charge is 2.27. The minimum Gasteiger partial charge on any atom is -0.477 e. The number of aromatic carboxylic acids is 1. The van der Waals surface area contributed by atoms with Crippen LogP contribution in [0.25, 0.3) is 5.65 Å². The lowest BCUT2D eigenvalue weighted by molar-refractivity contribution is 0.0599. The number of H-pyrrole nitrogens is 1. The first kappa shape index (κ1) is 34.3. The second-order valence-corrected chi connectivity index (χ2v) is 11.5. The number of carboxylic acid groups (broad SMARTS) is 1. The number of ether oxygens (including phenoxy) is 1. The third-order valence-corrected chi connectivity index (χ3v) is 8.62. The Morgan fingerprint density at radius 1 is 1.04 bits per heavy atom. The summed E-state index contributed by atoms with van der Waals surface area (Å²) in [5.74, 6) is -2.26. The van der Waals surface area contributed by atoms with Crippen LogP contribution in [0, 0.1) is 0 Å². The van der Waals surface area contributed by atoms with Crippen molar-refractivity contribution < 1.29 is 24.2 Å². The Balaban J connectivity index is 0.000000262. The number of carbonyl (C=O) groups excluding carboxylic acids is 2. The van der Waals surface area contributed by atoms with Crippen LogP contribution in [0.2, 0.25) is 0 Å². The lowest BCUT2D eigenvalue weighted by atomic mass is 9.96. The predicted molar refractivity (Wildman–Crippen MR) is 181 cm³/mol. The Kier molecular flexibility index (Phi) is 9.48. The minimum atomic E-state index is -1.37. The summed E-state index contributed by atoms with van der Waals surface area (Å²) in [5, 5.41) is 12.1. The molecule has 2 aromatic heterocycles. The summed E-state index contributed by atoms with van der Waals surface area (Å²) in [6.45, 7) is 1.12. The summed E-state index contributed by atoms with van der Waals surface area (Å²) in [6, 6.07) is 12.5. The second kappa shape index (κ2) is 13.6. The van der Waals surface area contributed by atoms with Gasteiger partial charge in [-0.05, 0) is 59.2 Å². The molecule has 7 rings (SSSR count). The number of aromatic amines is 1. The number of benzene rings is 2. The summed E-state index contributed by atoms with van der Waals surface area (Å²) < 4.78 is 5.52. The number of nitrogens with zero attached hydrogens (tertiary/aromatic N) is 3. The first-order valence-corrected chi connectivity index (χ1v) is 15.0. The lowest BCUT2D eigenvalue weighted by Gasteiger charge is -2.32. The van der Waals surface area contributed by atoms with Crippen molar-refractivity contribution >= 4 is 34.9 Å². The van der Waals surface area contributed by atoms with Gasteiger partial charge in [-0.2, -0.15) is 0 Å². The van der Waals surface area contributed by atoms with E-state index in [0.29, 0.717) is 25.1 Å². The first-order valence-electron chi connectivity index (χ1n) is 15.0. The molecule has 1 aliphatic heterocycles. The summed E-state index contributed by atoms with van der Waals surface area (Å²) in [5.41, 5.74) is 15.2. The van der Waals surface area contributed by atoms with Crippen LogP contribution in [0.4, 0.5) is 11.4 Å². The van der Waals surface area contributed by atoms with Crippen molar-refractivity contribution in [2.24, 2.45) is 5.73 Å². The van der Waals surface area contributed by atoms with E-state index < -0.39 is 28.4 Å². The van der Waals surface area contributed by atoms with Crippen molar-refractivity contribution in [1.29, 1.82) is 0 Å². The number of nitrogen functional groups attached to an aromatic ring is 1. The number of hydrogen-bond acceptors (Lipinski definition) is 11. The van der Waals surface area contributed by atoms with E-state index in [9.17, 15) is 33.9 Å². The summed E-state index contributed by atoms with van der Waals surface area (Å²) in [7, 11) is 1.39. The molecule has 0 bridgehead atoms. The fraction of sp³-hybridized carbons (Fsp3) is 0.265. The number of rotatable bonds is 6. The largest absolute Gasteiger partial charge is 0.477 e. The number of aryl methyl sites for hydroxylation is 1. The monoisotopic (exact) mass is 669 g/mol. The number of carbonyl (C=O) groups is 3.